The highest BCUT2D eigenvalue weighted by Crippen LogP contribution is 2.12. The van der Waals surface area contributed by atoms with Crippen LogP contribution in [0.1, 0.15) is 5.82 Å². The van der Waals surface area contributed by atoms with E-state index in [0.29, 0.717) is 16.1 Å². The third kappa shape index (κ3) is 1.97. The van der Waals surface area contributed by atoms with Crippen LogP contribution in [0.15, 0.2) is 6.07 Å². The SMILES string of the molecule is ClCc1nc(Cl)cc(Cl)n1. The summed E-state index contributed by atoms with van der Waals surface area (Å²) < 4.78 is 0. The van der Waals surface area contributed by atoms with Gasteiger partial charge in [-0.05, 0) is 0 Å². The second kappa shape index (κ2) is 3.37. The minimum absolute atomic E-state index is 0.223. The second-order valence-electron chi connectivity index (χ2n) is 1.56. The summed E-state index contributed by atoms with van der Waals surface area (Å²) in [7, 11) is 0. The molecule has 1 heterocycles. The van der Waals surface area contributed by atoms with Crippen molar-refractivity contribution < 1.29 is 0 Å². The molecule has 0 spiro atoms. The van der Waals surface area contributed by atoms with Gasteiger partial charge in [-0.15, -0.1) is 11.6 Å². The zero-order valence-electron chi connectivity index (χ0n) is 4.81. The molecule has 0 N–H and O–H groups in total. The molecule has 5 heteroatoms. The van der Waals surface area contributed by atoms with Crippen molar-refractivity contribution in [3.63, 3.8) is 0 Å². The van der Waals surface area contributed by atoms with Crippen LogP contribution in [0.3, 0.4) is 0 Å². The molecule has 0 aromatic carbocycles. The molecule has 1 aromatic heterocycles. The molecule has 0 aliphatic carbocycles. The highest BCUT2D eigenvalue weighted by atomic mass is 35.5. The topological polar surface area (TPSA) is 25.8 Å². The molecule has 0 aliphatic rings. The van der Waals surface area contributed by atoms with Crippen molar-refractivity contribution in [3.8, 4) is 0 Å². The minimum atomic E-state index is 0.223. The van der Waals surface area contributed by atoms with Crippen LogP contribution in [0.4, 0.5) is 0 Å². The Hall–Kier alpha value is -0.0500. The van der Waals surface area contributed by atoms with Gasteiger partial charge in [0.2, 0.25) is 0 Å². The summed E-state index contributed by atoms with van der Waals surface area (Å²) in [5.74, 6) is 0.666. The molecule has 0 amide bonds. The lowest BCUT2D eigenvalue weighted by Crippen LogP contribution is -1.90. The standard InChI is InChI=1S/C5H3Cl3N2/c6-2-5-9-3(7)1-4(8)10-5/h1H,2H2. The molecule has 0 bridgehead atoms. The van der Waals surface area contributed by atoms with Crippen molar-refractivity contribution in [3.05, 3.63) is 22.2 Å². The van der Waals surface area contributed by atoms with Crippen molar-refractivity contribution in [1.82, 2.24) is 9.97 Å². The van der Waals surface area contributed by atoms with Crippen molar-refractivity contribution in [2.24, 2.45) is 0 Å². The maximum absolute atomic E-state index is 5.53. The first kappa shape index (κ1) is 8.05. The van der Waals surface area contributed by atoms with Crippen molar-refractivity contribution >= 4 is 34.8 Å². The highest BCUT2D eigenvalue weighted by molar-refractivity contribution is 6.33. The first-order chi connectivity index (χ1) is 4.72. The van der Waals surface area contributed by atoms with Gasteiger partial charge in [0.05, 0.1) is 5.88 Å². The molecule has 1 rings (SSSR count). The summed E-state index contributed by atoms with van der Waals surface area (Å²) in [4.78, 5) is 7.58. The molecule has 0 unspecified atom stereocenters. The lowest BCUT2D eigenvalue weighted by Gasteiger charge is -1.94. The number of rotatable bonds is 1. The molecule has 0 saturated carbocycles. The molecule has 2 nitrogen and oxygen atoms in total. The molecule has 0 atom stereocenters. The van der Waals surface area contributed by atoms with E-state index in [9.17, 15) is 0 Å². The first-order valence-electron chi connectivity index (χ1n) is 2.47. The monoisotopic (exact) mass is 196 g/mol. The summed E-state index contributed by atoms with van der Waals surface area (Å²) in [6.07, 6.45) is 0. The zero-order chi connectivity index (χ0) is 7.56. The Morgan fingerprint density at radius 3 is 2.10 bits per heavy atom. The van der Waals surface area contributed by atoms with E-state index in [2.05, 4.69) is 9.97 Å². The predicted molar refractivity (Wildman–Crippen MR) is 41.6 cm³/mol. The van der Waals surface area contributed by atoms with Crippen LogP contribution in [-0.2, 0) is 5.88 Å². The van der Waals surface area contributed by atoms with Crippen molar-refractivity contribution in [1.29, 1.82) is 0 Å². The van der Waals surface area contributed by atoms with Crippen LogP contribution in [0, 0.1) is 0 Å². The summed E-state index contributed by atoms with van der Waals surface area (Å²) in [5.41, 5.74) is 0. The van der Waals surface area contributed by atoms with Crippen LogP contribution in [0.5, 0.6) is 0 Å². The fraction of sp³-hybridized carbons (Fsp3) is 0.200. The highest BCUT2D eigenvalue weighted by Gasteiger charge is 1.98. The average Bonchev–Trinajstić information content (AvgIpc) is 1.85. The van der Waals surface area contributed by atoms with Crippen LogP contribution in [-0.4, -0.2) is 9.97 Å². The normalized spacial score (nSPS) is 9.90. The smallest absolute Gasteiger partial charge is 0.146 e. The summed E-state index contributed by atoms with van der Waals surface area (Å²) in [6.45, 7) is 0. The molecular formula is C5H3Cl3N2. The van der Waals surface area contributed by atoms with Gasteiger partial charge in [-0.25, -0.2) is 9.97 Å². The molecular weight excluding hydrogens is 194 g/mol. The third-order valence-electron chi connectivity index (χ3n) is 0.829. The fourth-order valence-corrected chi connectivity index (χ4v) is 1.07. The van der Waals surface area contributed by atoms with E-state index >= 15 is 0 Å². The van der Waals surface area contributed by atoms with E-state index in [1.165, 1.54) is 6.07 Å². The quantitative estimate of drug-likeness (QED) is 0.511. The minimum Gasteiger partial charge on any atom is -0.220 e. The Morgan fingerprint density at radius 1 is 1.20 bits per heavy atom. The van der Waals surface area contributed by atoms with Gasteiger partial charge in [0.15, 0.2) is 0 Å². The van der Waals surface area contributed by atoms with Gasteiger partial charge in [-0.3, -0.25) is 0 Å². The fourth-order valence-electron chi connectivity index (χ4n) is 0.494. The second-order valence-corrected chi connectivity index (χ2v) is 2.61. The van der Waals surface area contributed by atoms with Gasteiger partial charge in [-0.1, -0.05) is 23.2 Å². The van der Waals surface area contributed by atoms with Crippen molar-refractivity contribution in [2.45, 2.75) is 5.88 Å². The van der Waals surface area contributed by atoms with Gasteiger partial charge in [-0.2, -0.15) is 0 Å². The molecule has 10 heavy (non-hydrogen) atoms. The molecule has 54 valence electrons. The summed E-state index contributed by atoms with van der Waals surface area (Å²) >= 11 is 16.5. The number of halogens is 3. The summed E-state index contributed by atoms with van der Waals surface area (Å²) in [5, 5.41) is 0.631. The Bertz CT molecular complexity index is 218. The predicted octanol–water partition coefficient (Wildman–Crippen LogP) is 2.52. The third-order valence-corrected chi connectivity index (χ3v) is 1.46. The summed E-state index contributed by atoms with van der Waals surface area (Å²) in [6, 6.07) is 1.46. The van der Waals surface area contributed by atoms with Crippen LogP contribution >= 0.6 is 34.8 Å². The number of nitrogens with zero attached hydrogens (tertiary/aromatic N) is 2. The maximum atomic E-state index is 5.53. The Labute approximate surface area is 73.1 Å². The van der Waals surface area contributed by atoms with Gasteiger partial charge in [0.1, 0.15) is 16.1 Å². The number of hydrogen-bond acceptors (Lipinski definition) is 2. The van der Waals surface area contributed by atoms with Crippen LogP contribution in [0.25, 0.3) is 0 Å². The lowest BCUT2D eigenvalue weighted by molar-refractivity contribution is 1.03. The van der Waals surface area contributed by atoms with Gasteiger partial charge in [0, 0.05) is 6.07 Å². The van der Waals surface area contributed by atoms with E-state index in [0.717, 1.165) is 0 Å². The molecule has 0 radical (unpaired) electrons. The molecule has 0 saturated heterocycles. The maximum Gasteiger partial charge on any atom is 0.146 e. The van der Waals surface area contributed by atoms with Gasteiger partial charge >= 0.3 is 0 Å². The Balaban J connectivity index is 3.06. The molecule has 0 fully saturated rings. The number of aromatic nitrogens is 2. The Kier molecular flexibility index (Phi) is 2.72. The van der Waals surface area contributed by atoms with E-state index in [-0.39, 0.29) is 5.88 Å². The molecule has 0 aliphatic heterocycles. The first-order valence-corrected chi connectivity index (χ1v) is 3.76. The van der Waals surface area contributed by atoms with E-state index in [1.54, 1.807) is 0 Å². The number of alkyl halides is 1. The lowest BCUT2D eigenvalue weighted by atomic mass is 10.6. The zero-order valence-corrected chi connectivity index (χ0v) is 7.08. The van der Waals surface area contributed by atoms with E-state index in [1.807, 2.05) is 0 Å². The largest absolute Gasteiger partial charge is 0.220 e. The Morgan fingerprint density at radius 2 is 1.70 bits per heavy atom. The van der Waals surface area contributed by atoms with Gasteiger partial charge < -0.3 is 0 Å². The average molecular weight is 197 g/mol. The van der Waals surface area contributed by atoms with E-state index in [4.69, 9.17) is 34.8 Å². The number of hydrogen-bond donors (Lipinski definition) is 0. The van der Waals surface area contributed by atoms with Crippen LogP contribution < -0.4 is 0 Å². The van der Waals surface area contributed by atoms with Gasteiger partial charge in [0.25, 0.3) is 0 Å². The van der Waals surface area contributed by atoms with Crippen molar-refractivity contribution in [2.75, 3.05) is 0 Å². The van der Waals surface area contributed by atoms with E-state index < -0.39 is 0 Å². The molecule has 1 aromatic rings. The van der Waals surface area contributed by atoms with Crippen LogP contribution in [0.2, 0.25) is 10.3 Å².